The van der Waals surface area contributed by atoms with Crippen molar-refractivity contribution in [3.63, 3.8) is 0 Å². The van der Waals surface area contributed by atoms with Crippen LogP contribution in [0.2, 0.25) is 0 Å². The summed E-state index contributed by atoms with van der Waals surface area (Å²) in [5, 5.41) is 4.41. The Hall–Kier alpha value is -0.860. The number of nitrogens with one attached hydrogen (secondary N) is 1. The summed E-state index contributed by atoms with van der Waals surface area (Å²) in [6, 6.07) is 0.227. The molecule has 0 spiro atoms. The lowest BCUT2D eigenvalue weighted by Gasteiger charge is -2.37. The molecule has 3 nitrogen and oxygen atoms in total. The molecule has 0 bridgehead atoms. The second-order valence-electron chi connectivity index (χ2n) is 6.97. The number of ketones is 1. The van der Waals surface area contributed by atoms with Gasteiger partial charge in [-0.2, -0.15) is 5.10 Å². The van der Waals surface area contributed by atoms with Gasteiger partial charge in [-0.05, 0) is 11.8 Å². The van der Waals surface area contributed by atoms with Gasteiger partial charge >= 0.3 is 0 Å². The fourth-order valence-electron chi connectivity index (χ4n) is 2.91. The van der Waals surface area contributed by atoms with Crippen molar-refractivity contribution in [2.45, 2.75) is 53.5 Å². The fourth-order valence-corrected chi connectivity index (χ4v) is 2.91. The summed E-state index contributed by atoms with van der Waals surface area (Å²) in [6.07, 6.45) is 1.72. The maximum atomic E-state index is 12.2. The molecule has 0 unspecified atom stereocenters. The average Bonchev–Trinajstić information content (AvgIpc) is 2.43. The average molecular weight is 222 g/mol. The zero-order valence-corrected chi connectivity index (χ0v) is 10.9. The van der Waals surface area contributed by atoms with E-state index in [4.69, 9.17) is 0 Å². The minimum absolute atomic E-state index is 0.0104. The molecule has 3 heteroatoms. The number of fused-ring (bicyclic) bond motifs is 1. The lowest BCUT2D eigenvalue weighted by Crippen LogP contribution is -2.47. The van der Waals surface area contributed by atoms with Crippen LogP contribution in [0.4, 0.5) is 0 Å². The summed E-state index contributed by atoms with van der Waals surface area (Å²) in [5.74, 6) is 0.382. The molecule has 0 amide bonds. The number of nitrogens with zero attached hydrogens (tertiary/aromatic N) is 1. The van der Waals surface area contributed by atoms with Crippen molar-refractivity contribution in [2.75, 3.05) is 0 Å². The smallest absolute Gasteiger partial charge is 0.144 e. The first kappa shape index (κ1) is 11.6. The molecule has 1 aliphatic carbocycles. The molecule has 2 aliphatic rings. The van der Waals surface area contributed by atoms with E-state index in [0.29, 0.717) is 12.2 Å². The van der Waals surface area contributed by atoms with E-state index in [9.17, 15) is 4.79 Å². The first-order chi connectivity index (χ1) is 7.21. The predicted molar refractivity (Wildman–Crippen MR) is 65.3 cm³/mol. The van der Waals surface area contributed by atoms with Crippen LogP contribution < -0.4 is 5.43 Å². The largest absolute Gasteiger partial charge is 0.306 e. The summed E-state index contributed by atoms with van der Waals surface area (Å²) < 4.78 is 0. The van der Waals surface area contributed by atoms with E-state index in [2.05, 4.69) is 45.1 Å². The highest BCUT2D eigenvalue weighted by Gasteiger charge is 2.48. The van der Waals surface area contributed by atoms with Gasteiger partial charge in [-0.3, -0.25) is 4.79 Å². The third-order valence-corrected chi connectivity index (χ3v) is 3.59. The predicted octanol–water partition coefficient (Wildman–Crippen LogP) is 2.37. The molecule has 0 saturated heterocycles. The van der Waals surface area contributed by atoms with E-state index in [1.54, 1.807) is 0 Å². The molecule has 0 radical (unpaired) electrons. The third kappa shape index (κ3) is 1.87. The Bertz CT molecular complexity index is 349. The molecule has 2 rings (SSSR count). The summed E-state index contributed by atoms with van der Waals surface area (Å²) in [5.41, 5.74) is 4.32. The Morgan fingerprint density at radius 1 is 1.38 bits per heavy atom. The van der Waals surface area contributed by atoms with Gasteiger partial charge in [0.15, 0.2) is 0 Å². The summed E-state index contributed by atoms with van der Waals surface area (Å²) in [7, 11) is 0. The van der Waals surface area contributed by atoms with Crippen LogP contribution in [0, 0.1) is 16.7 Å². The second-order valence-corrected chi connectivity index (χ2v) is 6.97. The van der Waals surface area contributed by atoms with Crippen LogP contribution in [-0.2, 0) is 4.79 Å². The van der Waals surface area contributed by atoms with Crippen molar-refractivity contribution >= 4 is 11.5 Å². The highest BCUT2D eigenvalue weighted by molar-refractivity contribution is 6.09. The van der Waals surface area contributed by atoms with E-state index in [0.717, 1.165) is 12.1 Å². The highest BCUT2D eigenvalue weighted by atomic mass is 16.1. The molecule has 1 N–H and O–H groups in total. The number of hydrogen-bond acceptors (Lipinski definition) is 3. The van der Waals surface area contributed by atoms with Crippen molar-refractivity contribution in [3.8, 4) is 0 Å². The highest BCUT2D eigenvalue weighted by Crippen LogP contribution is 2.41. The number of carbonyl (C=O) groups excluding carboxylic acids is 1. The lowest BCUT2D eigenvalue weighted by molar-refractivity contribution is -0.126. The van der Waals surface area contributed by atoms with Gasteiger partial charge in [0.2, 0.25) is 0 Å². The quantitative estimate of drug-likeness (QED) is 0.683. The number of hydrazone groups is 1. The Morgan fingerprint density at radius 2 is 2.00 bits per heavy atom. The van der Waals surface area contributed by atoms with Crippen molar-refractivity contribution in [2.24, 2.45) is 21.8 Å². The van der Waals surface area contributed by atoms with Crippen LogP contribution in [0.25, 0.3) is 0 Å². The molecule has 1 fully saturated rings. The first-order valence-corrected chi connectivity index (χ1v) is 6.07. The van der Waals surface area contributed by atoms with Crippen molar-refractivity contribution in [3.05, 3.63) is 0 Å². The summed E-state index contributed by atoms with van der Waals surface area (Å²) in [4.78, 5) is 12.2. The second kappa shape index (κ2) is 3.31. The Balaban J connectivity index is 2.25. The molecular formula is C13H22N2O. The molecule has 0 aromatic rings. The zero-order valence-electron chi connectivity index (χ0n) is 10.9. The van der Waals surface area contributed by atoms with Gasteiger partial charge < -0.3 is 5.43 Å². The van der Waals surface area contributed by atoms with Gasteiger partial charge in [-0.25, -0.2) is 0 Å². The Labute approximate surface area is 97.7 Å². The maximum absolute atomic E-state index is 12.2. The van der Waals surface area contributed by atoms with E-state index < -0.39 is 0 Å². The molecule has 1 heterocycles. The van der Waals surface area contributed by atoms with E-state index >= 15 is 0 Å². The molecule has 1 aliphatic heterocycles. The number of Topliss-reactive ketones (excluding diaryl/α,β-unsaturated/α-hetero) is 1. The maximum Gasteiger partial charge on any atom is 0.144 e. The topological polar surface area (TPSA) is 41.5 Å². The van der Waals surface area contributed by atoms with Gasteiger partial charge in [-0.15, -0.1) is 0 Å². The van der Waals surface area contributed by atoms with E-state index in [1.165, 1.54) is 0 Å². The molecule has 90 valence electrons. The van der Waals surface area contributed by atoms with Gasteiger partial charge in [0.25, 0.3) is 0 Å². The SMILES string of the molecule is CC1(C)CC(=O)[C@H]2C(C(C)(C)C)=NN[C@H]2C1. The molecule has 0 aromatic heterocycles. The van der Waals surface area contributed by atoms with Crippen LogP contribution >= 0.6 is 0 Å². The number of hydrogen-bond donors (Lipinski definition) is 1. The zero-order chi connectivity index (χ0) is 12.1. The van der Waals surface area contributed by atoms with Gasteiger partial charge in [0.1, 0.15) is 5.78 Å². The minimum atomic E-state index is -0.0104. The normalized spacial score (nSPS) is 33.1. The Morgan fingerprint density at radius 3 is 2.56 bits per heavy atom. The summed E-state index contributed by atoms with van der Waals surface area (Å²) >= 11 is 0. The van der Waals surface area contributed by atoms with E-state index in [-0.39, 0.29) is 22.8 Å². The molecule has 16 heavy (non-hydrogen) atoms. The van der Waals surface area contributed by atoms with Gasteiger partial charge in [0.05, 0.1) is 17.7 Å². The standard InChI is InChI=1S/C13H22N2O/c1-12(2,3)11-10-8(14-15-11)6-13(4,5)7-9(10)16/h8,10,14H,6-7H2,1-5H3/t8-,10-/m0/s1. The molecule has 2 atom stereocenters. The van der Waals surface area contributed by atoms with Crippen LogP contribution in [0.15, 0.2) is 5.10 Å². The minimum Gasteiger partial charge on any atom is -0.306 e. The van der Waals surface area contributed by atoms with Crippen molar-refractivity contribution in [1.29, 1.82) is 0 Å². The fraction of sp³-hybridized carbons (Fsp3) is 0.846. The van der Waals surface area contributed by atoms with Gasteiger partial charge in [-0.1, -0.05) is 34.6 Å². The lowest BCUT2D eigenvalue weighted by atomic mass is 9.66. The first-order valence-electron chi connectivity index (χ1n) is 6.07. The van der Waals surface area contributed by atoms with Gasteiger partial charge in [0, 0.05) is 11.8 Å². The van der Waals surface area contributed by atoms with E-state index in [1.807, 2.05) is 0 Å². The monoisotopic (exact) mass is 222 g/mol. The van der Waals surface area contributed by atoms with Crippen LogP contribution in [0.1, 0.15) is 47.5 Å². The molecular weight excluding hydrogens is 200 g/mol. The molecule has 0 aromatic carbocycles. The summed E-state index contributed by atoms with van der Waals surface area (Å²) in [6.45, 7) is 10.7. The van der Waals surface area contributed by atoms with Crippen LogP contribution in [-0.4, -0.2) is 17.5 Å². The van der Waals surface area contributed by atoms with Crippen molar-refractivity contribution in [1.82, 2.24) is 5.43 Å². The van der Waals surface area contributed by atoms with Crippen LogP contribution in [0.5, 0.6) is 0 Å². The van der Waals surface area contributed by atoms with Crippen LogP contribution in [0.3, 0.4) is 0 Å². The number of rotatable bonds is 0. The number of carbonyl (C=O) groups is 1. The Kier molecular flexibility index (Phi) is 2.41. The van der Waals surface area contributed by atoms with Crippen molar-refractivity contribution < 1.29 is 4.79 Å². The third-order valence-electron chi connectivity index (χ3n) is 3.59. The molecule has 1 saturated carbocycles.